The van der Waals surface area contributed by atoms with Crippen molar-refractivity contribution in [3.8, 4) is 0 Å². The second kappa shape index (κ2) is 6.06. The van der Waals surface area contributed by atoms with Gasteiger partial charge in [-0.15, -0.1) is 0 Å². The third-order valence-corrected chi connectivity index (χ3v) is 4.62. The minimum Gasteiger partial charge on any atom is -0.331 e. The van der Waals surface area contributed by atoms with Crippen LogP contribution in [0, 0.1) is 10.1 Å². The van der Waals surface area contributed by atoms with Crippen molar-refractivity contribution in [3.05, 3.63) is 61.3 Å². The Kier molecular flexibility index (Phi) is 4.13. The van der Waals surface area contributed by atoms with E-state index in [9.17, 15) is 14.9 Å². The highest BCUT2D eigenvalue weighted by molar-refractivity contribution is 7.07. The molecule has 1 aliphatic carbocycles. The van der Waals surface area contributed by atoms with Gasteiger partial charge in [-0.05, 0) is 41.3 Å². The van der Waals surface area contributed by atoms with E-state index in [1.165, 1.54) is 18.2 Å². The van der Waals surface area contributed by atoms with Gasteiger partial charge in [0, 0.05) is 24.7 Å². The van der Waals surface area contributed by atoms with Crippen LogP contribution in [-0.2, 0) is 6.54 Å². The van der Waals surface area contributed by atoms with Crippen LogP contribution in [0.25, 0.3) is 0 Å². The first-order valence-corrected chi connectivity index (χ1v) is 8.14. The van der Waals surface area contributed by atoms with Crippen LogP contribution in [0.4, 0.5) is 5.69 Å². The summed E-state index contributed by atoms with van der Waals surface area (Å²) in [4.78, 5) is 24.8. The molecule has 1 heterocycles. The Hall–Kier alpha value is -1.92. The zero-order chi connectivity index (χ0) is 15.7. The molecule has 114 valence electrons. The van der Waals surface area contributed by atoms with Gasteiger partial charge >= 0.3 is 0 Å². The molecule has 0 bridgehead atoms. The molecule has 0 unspecified atom stereocenters. The molecule has 0 N–H and O–H groups in total. The van der Waals surface area contributed by atoms with Crippen molar-refractivity contribution in [2.75, 3.05) is 0 Å². The van der Waals surface area contributed by atoms with Gasteiger partial charge < -0.3 is 4.90 Å². The molecule has 0 spiro atoms. The molecule has 5 nitrogen and oxygen atoms in total. The number of nitrogens with zero attached hydrogens (tertiary/aromatic N) is 2. The Bertz CT molecular complexity index is 714. The molecular formula is C15H13ClN2O3S. The predicted octanol–water partition coefficient (Wildman–Crippen LogP) is 4.11. The van der Waals surface area contributed by atoms with Crippen LogP contribution in [0.1, 0.15) is 28.8 Å². The largest absolute Gasteiger partial charge is 0.331 e. The standard InChI is InChI=1S/C15H13ClN2O3S/c16-14-7-12(18(20)21)3-4-13(14)15(19)17(11-1-2-11)8-10-5-6-22-9-10/h3-7,9,11H,1-2,8H2. The number of halogens is 1. The quantitative estimate of drug-likeness (QED) is 0.609. The number of nitro groups is 1. The Morgan fingerprint density at radius 2 is 2.18 bits per heavy atom. The Labute approximate surface area is 136 Å². The Morgan fingerprint density at radius 1 is 1.41 bits per heavy atom. The third-order valence-electron chi connectivity index (χ3n) is 3.58. The zero-order valence-corrected chi connectivity index (χ0v) is 13.1. The van der Waals surface area contributed by atoms with Crippen molar-refractivity contribution in [1.29, 1.82) is 0 Å². The van der Waals surface area contributed by atoms with E-state index >= 15 is 0 Å². The normalized spacial score (nSPS) is 13.9. The summed E-state index contributed by atoms with van der Waals surface area (Å²) in [5, 5.41) is 14.9. The molecular weight excluding hydrogens is 324 g/mol. The molecule has 1 aliphatic rings. The van der Waals surface area contributed by atoms with E-state index in [0.29, 0.717) is 12.1 Å². The number of hydrogen-bond acceptors (Lipinski definition) is 4. The second-order valence-electron chi connectivity index (χ2n) is 5.22. The highest BCUT2D eigenvalue weighted by Gasteiger charge is 2.34. The summed E-state index contributed by atoms with van der Waals surface area (Å²) in [5.41, 5.74) is 1.29. The molecule has 22 heavy (non-hydrogen) atoms. The van der Waals surface area contributed by atoms with E-state index in [1.54, 1.807) is 16.2 Å². The van der Waals surface area contributed by atoms with Crippen LogP contribution in [0.3, 0.4) is 0 Å². The lowest BCUT2D eigenvalue weighted by molar-refractivity contribution is -0.384. The van der Waals surface area contributed by atoms with Crippen molar-refractivity contribution >= 4 is 34.5 Å². The Balaban J connectivity index is 1.85. The van der Waals surface area contributed by atoms with Crippen LogP contribution in [-0.4, -0.2) is 21.8 Å². The van der Waals surface area contributed by atoms with E-state index in [0.717, 1.165) is 18.4 Å². The molecule has 1 aromatic carbocycles. The predicted molar refractivity (Wildman–Crippen MR) is 85.3 cm³/mol. The number of rotatable bonds is 5. The number of carbonyl (C=O) groups excluding carboxylic acids is 1. The van der Waals surface area contributed by atoms with Crippen molar-refractivity contribution in [1.82, 2.24) is 4.90 Å². The number of nitro benzene ring substituents is 1. The van der Waals surface area contributed by atoms with Crippen LogP contribution in [0.15, 0.2) is 35.0 Å². The average Bonchev–Trinajstić information content (AvgIpc) is 3.20. The zero-order valence-electron chi connectivity index (χ0n) is 11.6. The summed E-state index contributed by atoms with van der Waals surface area (Å²) in [6, 6.07) is 6.20. The number of non-ortho nitro benzene ring substituents is 1. The SMILES string of the molecule is O=C(c1ccc([N+](=O)[O-])cc1Cl)N(Cc1ccsc1)C1CC1. The van der Waals surface area contributed by atoms with Gasteiger partial charge in [0.1, 0.15) is 0 Å². The molecule has 3 rings (SSSR count). The van der Waals surface area contributed by atoms with Crippen LogP contribution < -0.4 is 0 Å². The van der Waals surface area contributed by atoms with Crippen molar-refractivity contribution in [3.63, 3.8) is 0 Å². The van der Waals surface area contributed by atoms with E-state index in [4.69, 9.17) is 11.6 Å². The minimum atomic E-state index is -0.524. The lowest BCUT2D eigenvalue weighted by Gasteiger charge is -2.22. The fraction of sp³-hybridized carbons (Fsp3) is 0.267. The van der Waals surface area contributed by atoms with E-state index in [2.05, 4.69) is 0 Å². The van der Waals surface area contributed by atoms with Gasteiger partial charge in [0.25, 0.3) is 11.6 Å². The number of benzene rings is 1. The maximum Gasteiger partial charge on any atom is 0.270 e. The van der Waals surface area contributed by atoms with Crippen molar-refractivity contribution in [2.24, 2.45) is 0 Å². The van der Waals surface area contributed by atoms with Gasteiger partial charge in [0.05, 0.1) is 15.5 Å². The molecule has 1 aromatic heterocycles. The summed E-state index contributed by atoms with van der Waals surface area (Å²) in [6.07, 6.45) is 1.97. The lowest BCUT2D eigenvalue weighted by Crippen LogP contribution is -2.32. The highest BCUT2D eigenvalue weighted by Crippen LogP contribution is 2.32. The molecule has 1 saturated carbocycles. The summed E-state index contributed by atoms with van der Waals surface area (Å²) in [7, 11) is 0. The fourth-order valence-electron chi connectivity index (χ4n) is 2.28. The monoisotopic (exact) mass is 336 g/mol. The molecule has 7 heteroatoms. The van der Waals surface area contributed by atoms with Gasteiger partial charge in [-0.1, -0.05) is 11.6 Å². The van der Waals surface area contributed by atoms with E-state index in [-0.39, 0.29) is 22.7 Å². The highest BCUT2D eigenvalue weighted by atomic mass is 35.5. The molecule has 2 aromatic rings. The van der Waals surface area contributed by atoms with Gasteiger partial charge in [0.2, 0.25) is 0 Å². The number of hydrogen-bond donors (Lipinski definition) is 0. The van der Waals surface area contributed by atoms with Crippen LogP contribution in [0.2, 0.25) is 5.02 Å². The molecule has 0 saturated heterocycles. The van der Waals surface area contributed by atoms with Crippen LogP contribution >= 0.6 is 22.9 Å². The topological polar surface area (TPSA) is 63.4 Å². The van der Waals surface area contributed by atoms with Crippen molar-refractivity contribution < 1.29 is 9.72 Å². The average molecular weight is 337 g/mol. The smallest absolute Gasteiger partial charge is 0.270 e. The van der Waals surface area contributed by atoms with Gasteiger partial charge in [-0.25, -0.2) is 0 Å². The molecule has 0 radical (unpaired) electrons. The summed E-state index contributed by atoms with van der Waals surface area (Å²) >= 11 is 7.66. The first kappa shape index (κ1) is 15.0. The van der Waals surface area contributed by atoms with E-state index < -0.39 is 4.92 Å². The number of carbonyl (C=O) groups is 1. The summed E-state index contributed by atoms with van der Waals surface area (Å²) in [5.74, 6) is -0.173. The molecule has 0 aliphatic heterocycles. The van der Waals surface area contributed by atoms with Gasteiger partial charge in [-0.2, -0.15) is 11.3 Å². The van der Waals surface area contributed by atoms with Crippen molar-refractivity contribution in [2.45, 2.75) is 25.4 Å². The Morgan fingerprint density at radius 3 is 2.73 bits per heavy atom. The van der Waals surface area contributed by atoms with Gasteiger partial charge in [-0.3, -0.25) is 14.9 Å². The maximum atomic E-state index is 12.7. The molecule has 0 atom stereocenters. The maximum absolute atomic E-state index is 12.7. The fourth-order valence-corrected chi connectivity index (χ4v) is 3.19. The number of amides is 1. The van der Waals surface area contributed by atoms with Gasteiger partial charge in [0.15, 0.2) is 0 Å². The minimum absolute atomic E-state index is 0.114. The molecule has 1 fully saturated rings. The first-order valence-electron chi connectivity index (χ1n) is 6.82. The number of thiophene rings is 1. The first-order chi connectivity index (χ1) is 10.6. The third kappa shape index (κ3) is 3.13. The lowest BCUT2D eigenvalue weighted by atomic mass is 10.1. The second-order valence-corrected chi connectivity index (χ2v) is 6.40. The summed E-state index contributed by atoms with van der Waals surface area (Å²) in [6.45, 7) is 0.542. The van der Waals surface area contributed by atoms with E-state index in [1.807, 2.05) is 16.8 Å². The van der Waals surface area contributed by atoms with Crippen LogP contribution in [0.5, 0.6) is 0 Å². The summed E-state index contributed by atoms with van der Waals surface area (Å²) < 4.78 is 0. The molecule has 1 amide bonds.